The molecular formula is C21H27F2N3O4. The van der Waals surface area contributed by atoms with Gasteiger partial charge in [-0.05, 0) is 35.4 Å². The smallest absolute Gasteiger partial charge is 0.387 e. The summed E-state index contributed by atoms with van der Waals surface area (Å²) in [5.41, 5.74) is 1.85. The lowest BCUT2D eigenvalue weighted by Crippen LogP contribution is -2.38. The van der Waals surface area contributed by atoms with Gasteiger partial charge in [-0.1, -0.05) is 12.1 Å². The second-order valence-corrected chi connectivity index (χ2v) is 6.31. The Morgan fingerprint density at radius 2 is 1.60 bits per heavy atom. The molecule has 0 radical (unpaired) electrons. The van der Waals surface area contributed by atoms with Crippen molar-refractivity contribution >= 4 is 5.96 Å². The van der Waals surface area contributed by atoms with E-state index in [9.17, 15) is 8.78 Å². The Morgan fingerprint density at radius 3 is 2.07 bits per heavy atom. The second-order valence-electron chi connectivity index (χ2n) is 6.31. The SMILES string of the molecule is CN=C(NCc1cc(OC)c(OC)c(OC)c1)N(C)Cc1ccc(OC(F)F)cc1. The normalized spacial score (nSPS) is 11.3. The molecule has 0 aliphatic heterocycles. The van der Waals surface area contributed by atoms with Gasteiger partial charge in [-0.2, -0.15) is 8.78 Å². The summed E-state index contributed by atoms with van der Waals surface area (Å²) in [4.78, 5) is 6.21. The highest BCUT2D eigenvalue weighted by atomic mass is 19.3. The number of methoxy groups -OCH3 is 3. The van der Waals surface area contributed by atoms with Gasteiger partial charge in [0, 0.05) is 27.2 Å². The minimum absolute atomic E-state index is 0.126. The van der Waals surface area contributed by atoms with E-state index < -0.39 is 6.61 Å². The van der Waals surface area contributed by atoms with E-state index in [-0.39, 0.29) is 5.75 Å². The number of hydrogen-bond acceptors (Lipinski definition) is 5. The molecule has 0 saturated heterocycles. The fourth-order valence-electron chi connectivity index (χ4n) is 2.93. The summed E-state index contributed by atoms with van der Waals surface area (Å²) in [6, 6.07) is 10.2. The van der Waals surface area contributed by atoms with E-state index >= 15 is 0 Å². The van der Waals surface area contributed by atoms with Gasteiger partial charge < -0.3 is 29.2 Å². The van der Waals surface area contributed by atoms with Crippen molar-refractivity contribution in [2.24, 2.45) is 4.99 Å². The second kappa shape index (κ2) is 11.1. The van der Waals surface area contributed by atoms with E-state index in [2.05, 4.69) is 15.0 Å². The first-order valence-corrected chi connectivity index (χ1v) is 9.16. The van der Waals surface area contributed by atoms with Gasteiger partial charge in [0.25, 0.3) is 0 Å². The quantitative estimate of drug-likeness (QED) is 0.492. The van der Waals surface area contributed by atoms with Crippen LogP contribution in [0.5, 0.6) is 23.0 Å². The van der Waals surface area contributed by atoms with Crippen molar-refractivity contribution in [1.29, 1.82) is 0 Å². The van der Waals surface area contributed by atoms with Crippen molar-refractivity contribution in [3.63, 3.8) is 0 Å². The molecule has 7 nitrogen and oxygen atoms in total. The van der Waals surface area contributed by atoms with Gasteiger partial charge in [-0.3, -0.25) is 4.99 Å². The van der Waals surface area contributed by atoms with Crippen LogP contribution in [0.25, 0.3) is 0 Å². The third kappa shape index (κ3) is 6.13. The van der Waals surface area contributed by atoms with Gasteiger partial charge in [0.05, 0.1) is 21.3 Å². The highest BCUT2D eigenvalue weighted by Crippen LogP contribution is 2.38. The van der Waals surface area contributed by atoms with Gasteiger partial charge in [0.15, 0.2) is 17.5 Å². The maximum Gasteiger partial charge on any atom is 0.387 e. The highest BCUT2D eigenvalue weighted by molar-refractivity contribution is 5.79. The van der Waals surface area contributed by atoms with Crippen molar-refractivity contribution < 1.29 is 27.7 Å². The summed E-state index contributed by atoms with van der Waals surface area (Å²) < 4.78 is 45.0. The minimum atomic E-state index is -2.84. The molecule has 0 bridgehead atoms. The molecule has 0 atom stereocenters. The summed E-state index contributed by atoms with van der Waals surface area (Å²) in [6.07, 6.45) is 0. The molecule has 2 rings (SSSR count). The molecule has 0 saturated carbocycles. The summed E-state index contributed by atoms with van der Waals surface area (Å²) in [7, 11) is 8.26. The average Bonchev–Trinajstić information content (AvgIpc) is 2.74. The summed E-state index contributed by atoms with van der Waals surface area (Å²) >= 11 is 0. The van der Waals surface area contributed by atoms with Crippen LogP contribution in [0, 0.1) is 0 Å². The van der Waals surface area contributed by atoms with Gasteiger partial charge in [-0.15, -0.1) is 0 Å². The lowest BCUT2D eigenvalue weighted by atomic mass is 10.1. The van der Waals surface area contributed by atoms with Crippen molar-refractivity contribution in [1.82, 2.24) is 10.2 Å². The van der Waals surface area contributed by atoms with E-state index in [1.54, 1.807) is 40.5 Å². The number of benzene rings is 2. The Labute approximate surface area is 175 Å². The molecule has 164 valence electrons. The van der Waals surface area contributed by atoms with Gasteiger partial charge >= 0.3 is 6.61 Å². The topological polar surface area (TPSA) is 64.6 Å². The van der Waals surface area contributed by atoms with Crippen molar-refractivity contribution in [3.05, 3.63) is 47.5 Å². The molecule has 0 aliphatic rings. The van der Waals surface area contributed by atoms with E-state index in [1.807, 2.05) is 24.1 Å². The maximum atomic E-state index is 12.3. The molecule has 0 spiro atoms. The molecule has 0 amide bonds. The van der Waals surface area contributed by atoms with Crippen LogP contribution in [0.15, 0.2) is 41.4 Å². The standard InChI is InChI=1S/C21H27F2N3O4/c1-24-21(26(2)13-14-6-8-16(9-7-14)30-20(22)23)25-12-15-10-17(27-3)19(29-5)18(11-15)28-4/h6-11,20H,12-13H2,1-5H3,(H,24,25). The van der Waals surface area contributed by atoms with Gasteiger partial charge in [0.1, 0.15) is 5.75 Å². The molecule has 9 heteroatoms. The monoisotopic (exact) mass is 423 g/mol. The Morgan fingerprint density at radius 1 is 1.00 bits per heavy atom. The number of ether oxygens (including phenoxy) is 4. The summed E-state index contributed by atoms with van der Waals surface area (Å²) in [5, 5.41) is 3.28. The predicted octanol–water partition coefficient (Wildman–Crippen LogP) is 3.52. The van der Waals surface area contributed by atoms with Crippen LogP contribution < -0.4 is 24.3 Å². The highest BCUT2D eigenvalue weighted by Gasteiger charge is 2.14. The number of nitrogens with zero attached hydrogens (tertiary/aromatic N) is 2. The lowest BCUT2D eigenvalue weighted by molar-refractivity contribution is -0.0498. The Hall–Kier alpha value is -3.23. The van der Waals surface area contributed by atoms with Crippen molar-refractivity contribution in [3.8, 4) is 23.0 Å². The van der Waals surface area contributed by atoms with Crippen LogP contribution in [0.1, 0.15) is 11.1 Å². The first-order chi connectivity index (χ1) is 14.4. The van der Waals surface area contributed by atoms with Crippen LogP contribution >= 0.6 is 0 Å². The predicted molar refractivity (Wildman–Crippen MR) is 111 cm³/mol. The van der Waals surface area contributed by atoms with Crippen molar-refractivity contribution in [2.45, 2.75) is 19.7 Å². The third-order valence-electron chi connectivity index (χ3n) is 4.32. The Balaban J connectivity index is 2.03. The number of rotatable bonds is 9. The molecule has 1 N–H and O–H groups in total. The molecule has 0 aromatic heterocycles. The van der Waals surface area contributed by atoms with Gasteiger partial charge in [0.2, 0.25) is 5.75 Å². The molecule has 2 aromatic carbocycles. The Bertz CT molecular complexity index is 820. The first-order valence-electron chi connectivity index (χ1n) is 9.16. The summed E-state index contributed by atoms with van der Waals surface area (Å²) in [6.45, 7) is -1.82. The van der Waals surface area contributed by atoms with Crippen LogP contribution in [0.3, 0.4) is 0 Å². The fourth-order valence-corrected chi connectivity index (χ4v) is 2.93. The van der Waals surface area contributed by atoms with E-state index in [4.69, 9.17) is 14.2 Å². The van der Waals surface area contributed by atoms with E-state index in [1.165, 1.54) is 12.1 Å². The minimum Gasteiger partial charge on any atom is -0.493 e. The van der Waals surface area contributed by atoms with Crippen LogP contribution in [-0.4, -0.2) is 52.9 Å². The number of alkyl halides is 2. The number of guanidine groups is 1. The first kappa shape index (κ1) is 23.1. The number of nitrogens with one attached hydrogen (secondary N) is 1. The molecule has 0 unspecified atom stereocenters. The van der Waals surface area contributed by atoms with Crippen molar-refractivity contribution in [2.75, 3.05) is 35.4 Å². The summed E-state index contributed by atoms with van der Waals surface area (Å²) in [5.74, 6) is 2.47. The number of aliphatic imine (C=N–C) groups is 1. The van der Waals surface area contributed by atoms with Crippen LogP contribution in [0.2, 0.25) is 0 Å². The molecular weight excluding hydrogens is 396 g/mol. The zero-order chi connectivity index (χ0) is 22.1. The molecule has 2 aromatic rings. The third-order valence-corrected chi connectivity index (χ3v) is 4.32. The van der Waals surface area contributed by atoms with Crippen LogP contribution in [-0.2, 0) is 13.1 Å². The zero-order valence-electron chi connectivity index (χ0n) is 17.7. The molecule has 30 heavy (non-hydrogen) atoms. The molecule has 0 fully saturated rings. The van der Waals surface area contributed by atoms with Gasteiger partial charge in [-0.25, -0.2) is 0 Å². The molecule has 0 aliphatic carbocycles. The van der Waals surface area contributed by atoms with E-state index in [0.29, 0.717) is 36.3 Å². The number of hydrogen-bond donors (Lipinski definition) is 1. The Kier molecular flexibility index (Phi) is 8.52. The van der Waals surface area contributed by atoms with E-state index in [0.717, 1.165) is 11.1 Å². The number of halogens is 2. The maximum absolute atomic E-state index is 12.3. The average molecular weight is 423 g/mol. The largest absolute Gasteiger partial charge is 0.493 e. The zero-order valence-corrected chi connectivity index (χ0v) is 17.7. The molecule has 0 heterocycles. The fraction of sp³-hybridized carbons (Fsp3) is 0.381. The lowest BCUT2D eigenvalue weighted by Gasteiger charge is -2.23. The van der Waals surface area contributed by atoms with Crippen LogP contribution in [0.4, 0.5) is 8.78 Å².